The van der Waals surface area contributed by atoms with Crippen molar-refractivity contribution in [3.05, 3.63) is 23.4 Å². The van der Waals surface area contributed by atoms with Gasteiger partial charge in [-0.1, -0.05) is 0 Å². The van der Waals surface area contributed by atoms with Crippen LogP contribution in [0, 0.1) is 18.3 Å². The van der Waals surface area contributed by atoms with Crippen molar-refractivity contribution < 1.29 is 9.53 Å². The summed E-state index contributed by atoms with van der Waals surface area (Å²) >= 11 is 0. The lowest BCUT2D eigenvalue weighted by Crippen LogP contribution is -2.49. The van der Waals surface area contributed by atoms with E-state index in [1.165, 1.54) is 0 Å². The maximum absolute atomic E-state index is 11.6. The second-order valence-corrected chi connectivity index (χ2v) is 4.61. The molecular weight excluding hydrogens is 256 g/mol. The number of hydrogen-bond acceptors (Lipinski definition) is 5. The van der Waals surface area contributed by atoms with Crippen molar-refractivity contribution in [2.75, 3.05) is 37.7 Å². The van der Waals surface area contributed by atoms with E-state index in [0.29, 0.717) is 44.2 Å². The van der Waals surface area contributed by atoms with Crippen LogP contribution in [0.4, 0.5) is 10.6 Å². The third-order valence-corrected chi connectivity index (χ3v) is 3.36. The fourth-order valence-electron chi connectivity index (χ4n) is 2.24. The maximum Gasteiger partial charge on any atom is 0.409 e. The Kier molecular flexibility index (Phi) is 4.41. The van der Waals surface area contributed by atoms with Crippen molar-refractivity contribution in [2.45, 2.75) is 13.8 Å². The van der Waals surface area contributed by atoms with E-state index in [2.05, 4.69) is 11.1 Å². The number of carbonyl (C=O) groups is 1. The number of nitrogens with zero attached hydrogens (tertiary/aromatic N) is 4. The molecule has 1 fully saturated rings. The summed E-state index contributed by atoms with van der Waals surface area (Å²) in [5, 5.41) is 9.24. The van der Waals surface area contributed by atoms with Gasteiger partial charge in [0.2, 0.25) is 0 Å². The summed E-state index contributed by atoms with van der Waals surface area (Å²) in [5.74, 6) is 0.705. The number of rotatable bonds is 2. The van der Waals surface area contributed by atoms with Gasteiger partial charge in [-0.05, 0) is 25.5 Å². The molecule has 0 saturated carbocycles. The quantitative estimate of drug-likeness (QED) is 0.818. The first-order valence-corrected chi connectivity index (χ1v) is 6.69. The number of aryl methyl sites for hydroxylation is 1. The van der Waals surface area contributed by atoms with Crippen molar-refractivity contribution in [3.8, 4) is 6.07 Å². The first-order valence-electron chi connectivity index (χ1n) is 6.69. The van der Waals surface area contributed by atoms with Crippen LogP contribution in [0.5, 0.6) is 0 Å². The first-order chi connectivity index (χ1) is 9.67. The van der Waals surface area contributed by atoms with E-state index in [1.54, 1.807) is 18.0 Å². The number of hydrogen-bond donors (Lipinski definition) is 0. The molecule has 1 aliphatic heterocycles. The molecule has 1 saturated heterocycles. The number of piperazine rings is 1. The average Bonchev–Trinajstić information content (AvgIpc) is 2.47. The molecule has 0 radical (unpaired) electrons. The van der Waals surface area contributed by atoms with Gasteiger partial charge in [-0.25, -0.2) is 9.78 Å². The molecule has 0 unspecified atom stereocenters. The van der Waals surface area contributed by atoms with Crippen LogP contribution in [-0.2, 0) is 4.74 Å². The number of carbonyl (C=O) groups excluding carboxylic acids is 1. The van der Waals surface area contributed by atoms with Crippen LogP contribution in [-0.4, -0.2) is 48.8 Å². The minimum absolute atomic E-state index is 0.273. The molecule has 20 heavy (non-hydrogen) atoms. The van der Waals surface area contributed by atoms with Gasteiger partial charge in [0.15, 0.2) is 0 Å². The van der Waals surface area contributed by atoms with Crippen LogP contribution >= 0.6 is 0 Å². The van der Waals surface area contributed by atoms with E-state index < -0.39 is 0 Å². The number of pyridine rings is 1. The highest BCUT2D eigenvalue weighted by molar-refractivity contribution is 5.68. The second-order valence-electron chi connectivity index (χ2n) is 4.61. The molecule has 0 atom stereocenters. The minimum atomic E-state index is -0.273. The van der Waals surface area contributed by atoms with Crippen molar-refractivity contribution in [1.29, 1.82) is 5.26 Å². The van der Waals surface area contributed by atoms with E-state index >= 15 is 0 Å². The van der Waals surface area contributed by atoms with E-state index in [-0.39, 0.29) is 6.09 Å². The monoisotopic (exact) mass is 274 g/mol. The minimum Gasteiger partial charge on any atom is -0.450 e. The van der Waals surface area contributed by atoms with Gasteiger partial charge in [-0.3, -0.25) is 0 Å². The number of nitriles is 1. The third kappa shape index (κ3) is 2.82. The lowest BCUT2D eigenvalue weighted by molar-refractivity contribution is 0.105. The summed E-state index contributed by atoms with van der Waals surface area (Å²) < 4.78 is 4.99. The number of amides is 1. The largest absolute Gasteiger partial charge is 0.450 e. The predicted molar refractivity (Wildman–Crippen MR) is 74.5 cm³/mol. The third-order valence-electron chi connectivity index (χ3n) is 3.36. The van der Waals surface area contributed by atoms with Crippen molar-refractivity contribution in [3.63, 3.8) is 0 Å². The Morgan fingerprint density at radius 3 is 2.75 bits per heavy atom. The van der Waals surface area contributed by atoms with E-state index in [0.717, 1.165) is 5.56 Å². The molecule has 106 valence electrons. The van der Waals surface area contributed by atoms with Gasteiger partial charge in [0.25, 0.3) is 0 Å². The lowest BCUT2D eigenvalue weighted by Gasteiger charge is -2.35. The summed E-state index contributed by atoms with van der Waals surface area (Å²) in [6, 6.07) is 4.04. The van der Waals surface area contributed by atoms with Gasteiger partial charge in [-0.2, -0.15) is 5.26 Å². The molecule has 6 nitrogen and oxygen atoms in total. The SMILES string of the molecule is CCOC(=O)N1CCN(c2nccc(C)c2C#N)CC1. The van der Waals surface area contributed by atoms with Gasteiger partial charge >= 0.3 is 6.09 Å². The molecule has 1 aliphatic rings. The Labute approximate surface area is 118 Å². The molecular formula is C14H18N4O2. The Hall–Kier alpha value is -2.29. The molecule has 6 heteroatoms. The first kappa shape index (κ1) is 14.1. The standard InChI is InChI=1S/C14H18N4O2/c1-3-20-14(19)18-8-6-17(7-9-18)13-12(10-15)11(2)4-5-16-13/h4-5H,3,6-9H2,1-2H3. The normalized spacial score (nSPS) is 14.8. The Bertz CT molecular complexity index is 530. The number of ether oxygens (including phenoxy) is 1. The smallest absolute Gasteiger partial charge is 0.409 e. The summed E-state index contributed by atoms with van der Waals surface area (Å²) in [5.41, 5.74) is 1.53. The topological polar surface area (TPSA) is 69.5 Å². The zero-order valence-corrected chi connectivity index (χ0v) is 11.8. The van der Waals surface area contributed by atoms with Crippen LogP contribution in [0.2, 0.25) is 0 Å². The molecule has 0 bridgehead atoms. The summed E-state index contributed by atoms with van der Waals surface area (Å²) in [6.45, 7) is 6.56. The Balaban J connectivity index is 2.06. The second kappa shape index (κ2) is 6.24. The highest BCUT2D eigenvalue weighted by Gasteiger charge is 2.24. The molecule has 0 aromatic carbocycles. The van der Waals surface area contributed by atoms with Crippen LogP contribution in [0.25, 0.3) is 0 Å². The van der Waals surface area contributed by atoms with Gasteiger partial charge in [0, 0.05) is 32.4 Å². The van der Waals surface area contributed by atoms with Crippen LogP contribution in [0.15, 0.2) is 12.3 Å². The van der Waals surface area contributed by atoms with Gasteiger partial charge < -0.3 is 14.5 Å². The van der Waals surface area contributed by atoms with Gasteiger partial charge in [0.05, 0.1) is 12.2 Å². The Morgan fingerprint density at radius 2 is 2.15 bits per heavy atom. The number of aromatic nitrogens is 1. The van der Waals surface area contributed by atoms with E-state index in [4.69, 9.17) is 4.74 Å². The molecule has 1 aromatic heterocycles. The van der Waals surface area contributed by atoms with Gasteiger partial charge in [0.1, 0.15) is 11.9 Å². The summed E-state index contributed by atoms with van der Waals surface area (Å²) in [6.07, 6.45) is 1.44. The van der Waals surface area contributed by atoms with E-state index in [9.17, 15) is 10.1 Å². The highest BCUT2D eigenvalue weighted by Crippen LogP contribution is 2.21. The van der Waals surface area contributed by atoms with Crippen LogP contribution in [0.3, 0.4) is 0 Å². The van der Waals surface area contributed by atoms with Crippen molar-refractivity contribution in [1.82, 2.24) is 9.88 Å². The predicted octanol–water partition coefficient (Wildman–Crippen LogP) is 1.54. The lowest BCUT2D eigenvalue weighted by atomic mass is 10.1. The maximum atomic E-state index is 11.6. The molecule has 0 N–H and O–H groups in total. The van der Waals surface area contributed by atoms with Crippen LogP contribution in [0.1, 0.15) is 18.1 Å². The summed E-state index contributed by atoms with van der Waals surface area (Å²) in [7, 11) is 0. The van der Waals surface area contributed by atoms with E-state index in [1.807, 2.05) is 17.9 Å². The Morgan fingerprint density at radius 1 is 1.45 bits per heavy atom. The molecule has 0 aliphatic carbocycles. The zero-order chi connectivity index (χ0) is 14.5. The average molecular weight is 274 g/mol. The van der Waals surface area contributed by atoms with Gasteiger partial charge in [-0.15, -0.1) is 0 Å². The fraction of sp³-hybridized carbons (Fsp3) is 0.500. The zero-order valence-electron chi connectivity index (χ0n) is 11.8. The summed E-state index contributed by atoms with van der Waals surface area (Å²) in [4.78, 5) is 19.7. The highest BCUT2D eigenvalue weighted by atomic mass is 16.6. The molecule has 2 heterocycles. The molecule has 0 spiro atoms. The van der Waals surface area contributed by atoms with Crippen molar-refractivity contribution >= 4 is 11.9 Å². The van der Waals surface area contributed by atoms with Crippen LogP contribution < -0.4 is 4.90 Å². The number of anilines is 1. The van der Waals surface area contributed by atoms with Crippen molar-refractivity contribution in [2.24, 2.45) is 0 Å². The molecule has 2 rings (SSSR count). The molecule has 1 aromatic rings. The fourth-order valence-corrected chi connectivity index (χ4v) is 2.24. The molecule has 1 amide bonds.